The highest BCUT2D eigenvalue weighted by Crippen LogP contribution is 2.08. The minimum absolute atomic E-state index is 0.791. The average Bonchev–Trinajstić information content (AvgIpc) is 2.22. The van der Waals surface area contributed by atoms with Crippen LogP contribution in [0.4, 0.5) is 0 Å². The Morgan fingerprint density at radius 1 is 1.07 bits per heavy atom. The first-order chi connectivity index (χ1) is 7.20. The van der Waals surface area contributed by atoms with Gasteiger partial charge in [0.25, 0.3) is 0 Å². The molecule has 0 spiro atoms. The Morgan fingerprint density at radius 2 is 1.80 bits per heavy atom. The van der Waals surface area contributed by atoms with Crippen molar-refractivity contribution in [3.05, 3.63) is 23.3 Å². The molecule has 0 aromatic rings. The summed E-state index contributed by atoms with van der Waals surface area (Å²) in [5.41, 5.74) is 2.20. The summed E-state index contributed by atoms with van der Waals surface area (Å²) in [7, 11) is 0. The normalized spacial score (nSPS) is 11.3. The van der Waals surface area contributed by atoms with Crippen molar-refractivity contribution in [2.24, 2.45) is 0 Å². The third kappa shape index (κ3) is 9.45. The van der Waals surface area contributed by atoms with Gasteiger partial charge >= 0.3 is 0 Å². The maximum absolute atomic E-state index is 10.7. The van der Waals surface area contributed by atoms with Gasteiger partial charge in [-0.1, -0.05) is 43.9 Å². The average molecular weight is 208 g/mol. The fourth-order valence-corrected chi connectivity index (χ4v) is 1.36. The van der Waals surface area contributed by atoms with Crippen LogP contribution in [0, 0.1) is 0 Å². The van der Waals surface area contributed by atoms with Crippen molar-refractivity contribution in [3.8, 4) is 0 Å². The summed E-state index contributed by atoms with van der Waals surface area (Å²) in [6.07, 6.45) is 12.1. The van der Waals surface area contributed by atoms with Crippen LogP contribution >= 0.6 is 0 Å². The second-order valence-electron chi connectivity index (χ2n) is 4.23. The first-order valence-corrected chi connectivity index (χ1v) is 5.98. The van der Waals surface area contributed by atoms with Crippen molar-refractivity contribution in [2.75, 3.05) is 0 Å². The molecule has 0 unspecified atom stereocenters. The van der Waals surface area contributed by atoms with E-state index in [2.05, 4.69) is 32.9 Å². The first kappa shape index (κ1) is 14.2. The smallest absolute Gasteiger partial charge is 0.146 e. The third-order valence-corrected chi connectivity index (χ3v) is 2.36. The van der Waals surface area contributed by atoms with Crippen LogP contribution < -0.4 is 0 Å². The first-order valence-electron chi connectivity index (χ1n) is 5.98. The monoisotopic (exact) mass is 208 g/mol. The van der Waals surface area contributed by atoms with Crippen LogP contribution in [-0.4, -0.2) is 6.29 Å². The molecule has 86 valence electrons. The number of allylic oxidation sites excluding steroid dienone is 4. The van der Waals surface area contributed by atoms with E-state index in [0.29, 0.717) is 0 Å². The molecule has 0 saturated carbocycles. The molecule has 1 nitrogen and oxygen atoms in total. The van der Waals surface area contributed by atoms with E-state index in [1.54, 1.807) is 0 Å². The summed E-state index contributed by atoms with van der Waals surface area (Å²) < 4.78 is 0. The van der Waals surface area contributed by atoms with Gasteiger partial charge in [-0.3, -0.25) is 4.79 Å². The predicted molar refractivity (Wildman–Crippen MR) is 67.0 cm³/mol. The van der Waals surface area contributed by atoms with Crippen LogP contribution in [-0.2, 0) is 4.79 Å². The number of aldehydes is 1. The van der Waals surface area contributed by atoms with E-state index in [-0.39, 0.29) is 0 Å². The van der Waals surface area contributed by atoms with Gasteiger partial charge in [0.1, 0.15) is 6.29 Å². The van der Waals surface area contributed by atoms with E-state index in [4.69, 9.17) is 0 Å². The highest BCUT2D eigenvalue weighted by molar-refractivity contribution is 5.73. The molecule has 0 radical (unpaired) electrons. The summed E-state index contributed by atoms with van der Waals surface area (Å²) in [4.78, 5) is 10.7. The van der Waals surface area contributed by atoms with Gasteiger partial charge in [-0.25, -0.2) is 0 Å². The number of hydrogen-bond donors (Lipinski definition) is 0. The lowest BCUT2D eigenvalue weighted by Crippen LogP contribution is -1.84. The van der Waals surface area contributed by atoms with E-state index >= 15 is 0 Å². The van der Waals surface area contributed by atoms with Crippen LogP contribution in [0.5, 0.6) is 0 Å². The Bertz CT molecular complexity index is 219. The number of hydrogen-bond acceptors (Lipinski definition) is 1. The van der Waals surface area contributed by atoms with Crippen LogP contribution in [0.1, 0.15) is 59.3 Å². The standard InChI is InChI=1S/C14H24O/c1-4-5-6-7-8-9-14(12-15)11-10-13(2)3/h9-10,12H,4-8,11H2,1-3H3. The van der Waals surface area contributed by atoms with Gasteiger partial charge in [0.15, 0.2) is 0 Å². The summed E-state index contributed by atoms with van der Waals surface area (Å²) in [6.45, 7) is 6.33. The molecule has 0 heterocycles. The van der Waals surface area contributed by atoms with Gasteiger partial charge in [0, 0.05) is 0 Å². The van der Waals surface area contributed by atoms with E-state index < -0.39 is 0 Å². The highest BCUT2D eigenvalue weighted by Gasteiger charge is 1.92. The molecule has 0 rings (SSSR count). The molecule has 0 aliphatic carbocycles. The Balaban J connectivity index is 3.79. The van der Waals surface area contributed by atoms with Crippen molar-refractivity contribution in [1.29, 1.82) is 0 Å². The van der Waals surface area contributed by atoms with Gasteiger partial charge < -0.3 is 0 Å². The lowest BCUT2D eigenvalue weighted by Gasteiger charge is -1.97. The Hall–Kier alpha value is -0.850. The van der Waals surface area contributed by atoms with Gasteiger partial charge in [0.2, 0.25) is 0 Å². The largest absolute Gasteiger partial charge is 0.298 e. The molecule has 1 heteroatoms. The minimum atomic E-state index is 0.791. The third-order valence-electron chi connectivity index (χ3n) is 2.36. The summed E-state index contributed by atoms with van der Waals surface area (Å²) in [5, 5.41) is 0. The molecule has 15 heavy (non-hydrogen) atoms. The molecule has 0 aromatic carbocycles. The number of rotatable bonds is 8. The quantitative estimate of drug-likeness (QED) is 0.249. The number of carbonyl (C=O) groups is 1. The van der Waals surface area contributed by atoms with Crippen LogP contribution in [0.3, 0.4) is 0 Å². The molecular formula is C14H24O. The van der Waals surface area contributed by atoms with E-state index in [1.807, 2.05) is 0 Å². The van der Waals surface area contributed by atoms with Crippen molar-refractivity contribution < 1.29 is 4.79 Å². The molecule has 0 aliphatic rings. The summed E-state index contributed by atoms with van der Waals surface area (Å²) in [5.74, 6) is 0. The zero-order valence-electron chi connectivity index (χ0n) is 10.4. The maximum atomic E-state index is 10.7. The Morgan fingerprint density at radius 3 is 2.33 bits per heavy atom. The minimum Gasteiger partial charge on any atom is -0.298 e. The van der Waals surface area contributed by atoms with Crippen molar-refractivity contribution in [1.82, 2.24) is 0 Å². The van der Waals surface area contributed by atoms with Crippen LogP contribution in [0.15, 0.2) is 23.3 Å². The molecule has 0 N–H and O–H groups in total. The van der Waals surface area contributed by atoms with E-state index in [1.165, 1.54) is 31.3 Å². The van der Waals surface area contributed by atoms with Crippen LogP contribution in [0.25, 0.3) is 0 Å². The summed E-state index contributed by atoms with van der Waals surface area (Å²) >= 11 is 0. The molecule has 0 fully saturated rings. The molecule has 0 saturated heterocycles. The lowest BCUT2D eigenvalue weighted by molar-refractivity contribution is -0.105. The van der Waals surface area contributed by atoms with Gasteiger partial charge in [-0.15, -0.1) is 0 Å². The zero-order chi connectivity index (χ0) is 11.5. The Labute approximate surface area is 94.3 Å². The molecule has 0 amide bonds. The number of unbranched alkanes of at least 4 members (excludes halogenated alkanes) is 4. The van der Waals surface area contributed by atoms with Crippen molar-refractivity contribution in [2.45, 2.75) is 59.3 Å². The predicted octanol–water partition coefficient (Wildman–Crippen LogP) is 4.44. The van der Waals surface area contributed by atoms with Crippen LogP contribution in [0.2, 0.25) is 0 Å². The molecule has 0 aliphatic heterocycles. The Kier molecular flexibility index (Phi) is 9.15. The topological polar surface area (TPSA) is 17.1 Å². The number of carbonyl (C=O) groups excluding carboxylic acids is 1. The van der Waals surface area contributed by atoms with Gasteiger partial charge in [-0.2, -0.15) is 0 Å². The fourth-order valence-electron chi connectivity index (χ4n) is 1.36. The van der Waals surface area contributed by atoms with E-state index in [9.17, 15) is 4.79 Å². The van der Waals surface area contributed by atoms with Gasteiger partial charge in [-0.05, 0) is 38.7 Å². The molecule has 0 aromatic heterocycles. The zero-order valence-corrected chi connectivity index (χ0v) is 10.4. The molecule has 0 bridgehead atoms. The second kappa shape index (κ2) is 9.70. The lowest BCUT2D eigenvalue weighted by atomic mass is 10.1. The maximum Gasteiger partial charge on any atom is 0.146 e. The van der Waals surface area contributed by atoms with E-state index in [0.717, 1.165) is 24.7 Å². The molecular weight excluding hydrogens is 184 g/mol. The molecule has 0 atom stereocenters. The van der Waals surface area contributed by atoms with Crippen molar-refractivity contribution in [3.63, 3.8) is 0 Å². The van der Waals surface area contributed by atoms with Gasteiger partial charge in [0.05, 0.1) is 0 Å². The highest BCUT2D eigenvalue weighted by atomic mass is 16.1. The fraction of sp³-hybridized carbons (Fsp3) is 0.643. The van der Waals surface area contributed by atoms with Crippen molar-refractivity contribution >= 4 is 6.29 Å². The SMILES string of the molecule is CCCCCCC=C(C=O)CC=C(C)C. The second-order valence-corrected chi connectivity index (χ2v) is 4.23. The summed E-state index contributed by atoms with van der Waals surface area (Å²) in [6, 6.07) is 0.